The van der Waals surface area contributed by atoms with Crippen molar-refractivity contribution in [3.8, 4) is 0 Å². The highest BCUT2D eigenvalue weighted by molar-refractivity contribution is 5.93. The molecular weight excluding hydrogens is 266 g/mol. The van der Waals surface area contributed by atoms with Crippen LogP contribution in [0.15, 0.2) is 18.3 Å². The van der Waals surface area contributed by atoms with E-state index in [1.54, 1.807) is 0 Å². The molecule has 5 nitrogen and oxygen atoms in total. The molecule has 2 fully saturated rings. The van der Waals surface area contributed by atoms with Crippen LogP contribution in [0.2, 0.25) is 0 Å². The maximum atomic E-state index is 12.9. The predicted octanol–water partition coefficient (Wildman–Crippen LogP) is 1.35. The molecule has 2 unspecified atom stereocenters. The minimum Gasteiger partial charge on any atom is -0.391 e. The zero-order valence-electron chi connectivity index (χ0n) is 12.9. The van der Waals surface area contributed by atoms with Gasteiger partial charge < -0.3 is 19.5 Å². The van der Waals surface area contributed by atoms with Gasteiger partial charge >= 0.3 is 0 Å². The van der Waals surface area contributed by atoms with E-state index in [2.05, 4.69) is 9.47 Å². The minimum absolute atomic E-state index is 0.0651. The lowest BCUT2D eigenvalue weighted by molar-refractivity contribution is 0.0682. The number of aromatic nitrogens is 1. The van der Waals surface area contributed by atoms with Crippen LogP contribution >= 0.6 is 0 Å². The number of rotatable bonds is 4. The van der Waals surface area contributed by atoms with Crippen molar-refractivity contribution in [3.63, 3.8) is 0 Å². The Morgan fingerprint density at radius 1 is 1.43 bits per heavy atom. The summed E-state index contributed by atoms with van der Waals surface area (Å²) in [6, 6.07) is 4.46. The Labute approximate surface area is 126 Å². The topological polar surface area (TPSA) is 48.7 Å². The normalized spacial score (nSPS) is 26.4. The van der Waals surface area contributed by atoms with Gasteiger partial charge in [-0.15, -0.1) is 0 Å². The zero-order chi connectivity index (χ0) is 15.0. The third kappa shape index (κ3) is 2.85. The van der Waals surface area contributed by atoms with Crippen molar-refractivity contribution in [2.24, 2.45) is 0 Å². The third-order valence-corrected chi connectivity index (χ3v) is 4.70. The van der Waals surface area contributed by atoms with E-state index in [-0.39, 0.29) is 11.9 Å². The van der Waals surface area contributed by atoms with Gasteiger partial charge in [0, 0.05) is 31.4 Å². The fraction of sp³-hybridized carbons (Fsp3) is 0.688. The number of carbonyl (C=O) groups is 1. The van der Waals surface area contributed by atoms with Crippen LogP contribution in [0.4, 0.5) is 0 Å². The van der Waals surface area contributed by atoms with E-state index >= 15 is 0 Å². The first-order valence-electron chi connectivity index (χ1n) is 7.87. The van der Waals surface area contributed by atoms with Crippen LogP contribution < -0.4 is 0 Å². The first kappa shape index (κ1) is 14.6. The van der Waals surface area contributed by atoms with Gasteiger partial charge in [-0.3, -0.25) is 4.79 Å². The number of aliphatic hydroxyl groups is 1. The largest absolute Gasteiger partial charge is 0.391 e. The molecule has 3 rings (SSSR count). The molecule has 0 bridgehead atoms. The number of likely N-dealkylation sites (N-methyl/N-ethyl adjacent to an activating group) is 1. The molecule has 2 atom stereocenters. The second kappa shape index (κ2) is 5.81. The minimum atomic E-state index is -0.397. The molecular formula is C16H25N3O2. The fourth-order valence-corrected chi connectivity index (χ4v) is 3.44. The van der Waals surface area contributed by atoms with Crippen LogP contribution in [0, 0.1) is 0 Å². The van der Waals surface area contributed by atoms with Crippen LogP contribution in [-0.2, 0) is 0 Å². The van der Waals surface area contributed by atoms with E-state index in [0.717, 1.165) is 12.2 Å². The second-order valence-electron chi connectivity index (χ2n) is 6.65. The smallest absolute Gasteiger partial charge is 0.270 e. The lowest BCUT2D eigenvalue weighted by Gasteiger charge is -2.31. The van der Waals surface area contributed by atoms with Gasteiger partial charge in [-0.05, 0) is 51.9 Å². The maximum absolute atomic E-state index is 12.9. The molecule has 1 aliphatic heterocycles. The molecule has 2 heterocycles. The number of carbonyl (C=O) groups excluding carboxylic acids is 1. The van der Waals surface area contributed by atoms with Gasteiger partial charge in [0.1, 0.15) is 5.69 Å². The second-order valence-corrected chi connectivity index (χ2v) is 6.65. The number of aliphatic hydroxyl groups excluding tert-OH is 1. The molecule has 0 aromatic carbocycles. The van der Waals surface area contributed by atoms with Crippen molar-refractivity contribution in [1.82, 2.24) is 14.4 Å². The van der Waals surface area contributed by atoms with Crippen LogP contribution in [0.1, 0.15) is 42.2 Å². The molecule has 1 N–H and O–H groups in total. The number of hydrogen-bond acceptors (Lipinski definition) is 3. The highest BCUT2D eigenvalue weighted by Crippen LogP contribution is 2.33. The van der Waals surface area contributed by atoms with Crippen LogP contribution in [-0.4, -0.2) is 64.7 Å². The fourth-order valence-electron chi connectivity index (χ4n) is 3.44. The van der Waals surface area contributed by atoms with E-state index in [1.165, 1.54) is 19.3 Å². The van der Waals surface area contributed by atoms with Crippen molar-refractivity contribution in [2.75, 3.05) is 27.2 Å². The van der Waals surface area contributed by atoms with Crippen molar-refractivity contribution in [1.29, 1.82) is 0 Å². The summed E-state index contributed by atoms with van der Waals surface area (Å²) in [7, 11) is 4.01. The van der Waals surface area contributed by atoms with Crippen molar-refractivity contribution in [2.45, 2.75) is 43.9 Å². The Morgan fingerprint density at radius 2 is 2.19 bits per heavy atom. The highest BCUT2D eigenvalue weighted by Gasteiger charge is 2.36. The van der Waals surface area contributed by atoms with Gasteiger partial charge in [-0.2, -0.15) is 0 Å². The molecule has 1 aromatic rings. The summed E-state index contributed by atoms with van der Waals surface area (Å²) in [4.78, 5) is 16.8. The van der Waals surface area contributed by atoms with Crippen molar-refractivity contribution < 1.29 is 9.90 Å². The summed E-state index contributed by atoms with van der Waals surface area (Å²) in [5, 5.41) is 9.95. The van der Waals surface area contributed by atoms with E-state index in [4.69, 9.17) is 0 Å². The van der Waals surface area contributed by atoms with Crippen LogP contribution in [0.25, 0.3) is 0 Å². The molecule has 21 heavy (non-hydrogen) atoms. The molecule has 1 saturated carbocycles. The lowest BCUT2D eigenvalue weighted by Crippen LogP contribution is -2.42. The number of nitrogens with zero attached hydrogens (tertiary/aromatic N) is 3. The summed E-state index contributed by atoms with van der Waals surface area (Å²) in [5.74, 6) is 0.0651. The molecule has 1 saturated heterocycles. The van der Waals surface area contributed by atoms with Gasteiger partial charge in [-0.25, -0.2) is 0 Å². The molecule has 0 spiro atoms. The Hall–Kier alpha value is -1.33. The highest BCUT2D eigenvalue weighted by atomic mass is 16.3. The predicted molar refractivity (Wildman–Crippen MR) is 81.3 cm³/mol. The first-order chi connectivity index (χ1) is 10.1. The summed E-state index contributed by atoms with van der Waals surface area (Å²) in [5.41, 5.74) is 0.776. The van der Waals surface area contributed by atoms with E-state index < -0.39 is 6.10 Å². The first-order valence-corrected chi connectivity index (χ1v) is 7.87. The Kier molecular flexibility index (Phi) is 4.04. The summed E-state index contributed by atoms with van der Waals surface area (Å²) in [6.07, 6.45) is 5.88. The Bertz CT molecular complexity index is 507. The number of β-amino-alcohol motifs (C(OH)–C–C–N with tert-alkyl or cyclic N) is 1. The molecule has 116 valence electrons. The van der Waals surface area contributed by atoms with Crippen LogP contribution in [0.5, 0.6) is 0 Å². The van der Waals surface area contributed by atoms with E-state index in [0.29, 0.717) is 19.0 Å². The molecule has 1 amide bonds. The number of likely N-dealkylation sites (tertiary alicyclic amines) is 1. The van der Waals surface area contributed by atoms with Gasteiger partial charge in [0.05, 0.1) is 6.10 Å². The van der Waals surface area contributed by atoms with Gasteiger partial charge in [0.2, 0.25) is 0 Å². The average Bonchev–Trinajstić information content (AvgIpc) is 2.93. The monoisotopic (exact) mass is 291 g/mol. The number of hydrogen-bond donors (Lipinski definition) is 1. The van der Waals surface area contributed by atoms with E-state index in [1.807, 2.05) is 37.3 Å². The summed E-state index contributed by atoms with van der Waals surface area (Å²) < 4.78 is 2.13. The zero-order valence-corrected chi connectivity index (χ0v) is 12.9. The molecule has 5 heteroatoms. The molecule has 2 aliphatic rings. The average molecular weight is 291 g/mol. The number of amides is 1. The van der Waals surface area contributed by atoms with Gasteiger partial charge in [-0.1, -0.05) is 0 Å². The van der Waals surface area contributed by atoms with Gasteiger partial charge in [0.15, 0.2) is 0 Å². The Morgan fingerprint density at radius 3 is 2.81 bits per heavy atom. The molecule has 0 radical (unpaired) electrons. The molecule has 1 aliphatic carbocycles. The lowest BCUT2D eigenvalue weighted by atomic mass is 9.93. The SMILES string of the molecule is CN(C)CC1CC(O)CN1C(=O)c1cccn1C1CCC1. The Balaban J connectivity index is 1.78. The molecule has 1 aromatic heterocycles. The summed E-state index contributed by atoms with van der Waals surface area (Å²) in [6.45, 7) is 1.25. The maximum Gasteiger partial charge on any atom is 0.270 e. The van der Waals surface area contributed by atoms with Crippen LogP contribution in [0.3, 0.4) is 0 Å². The van der Waals surface area contributed by atoms with E-state index in [9.17, 15) is 9.90 Å². The van der Waals surface area contributed by atoms with Crippen molar-refractivity contribution >= 4 is 5.91 Å². The summed E-state index contributed by atoms with van der Waals surface area (Å²) >= 11 is 0. The van der Waals surface area contributed by atoms with Crippen molar-refractivity contribution in [3.05, 3.63) is 24.0 Å². The third-order valence-electron chi connectivity index (χ3n) is 4.70. The quantitative estimate of drug-likeness (QED) is 0.911. The standard InChI is InChI=1S/C16H25N3O2/c1-17(2)10-13-9-14(20)11-19(13)16(21)15-7-4-8-18(15)12-5-3-6-12/h4,7-8,12-14,20H,3,5-6,9-11H2,1-2H3. The van der Waals surface area contributed by atoms with Gasteiger partial charge in [0.25, 0.3) is 5.91 Å².